The van der Waals surface area contributed by atoms with Crippen molar-refractivity contribution >= 4 is 17.6 Å². The summed E-state index contributed by atoms with van der Waals surface area (Å²) in [6, 6.07) is 5.53. The van der Waals surface area contributed by atoms with Crippen molar-refractivity contribution in [2.75, 3.05) is 11.9 Å². The molecule has 0 aliphatic carbocycles. The number of fused-ring (bicyclic) bond motifs is 1. The van der Waals surface area contributed by atoms with E-state index in [0.29, 0.717) is 5.69 Å². The van der Waals surface area contributed by atoms with E-state index in [4.69, 9.17) is 5.11 Å². The summed E-state index contributed by atoms with van der Waals surface area (Å²) in [6.45, 7) is 1.91. The van der Waals surface area contributed by atoms with Crippen LogP contribution < -0.4 is 4.90 Å². The van der Waals surface area contributed by atoms with Gasteiger partial charge in [-0.1, -0.05) is 17.7 Å². The molecule has 1 atom stereocenters. The molecule has 0 saturated heterocycles. The van der Waals surface area contributed by atoms with E-state index < -0.39 is 11.9 Å². The number of aliphatic carboxylic acids is 1. The van der Waals surface area contributed by atoms with Crippen LogP contribution in [0, 0.1) is 6.92 Å². The molecule has 0 fully saturated rings. The van der Waals surface area contributed by atoms with E-state index >= 15 is 0 Å². The molecule has 4 nitrogen and oxygen atoms in total. The number of hydrogen-bond donors (Lipinski definition) is 1. The maximum atomic E-state index is 11.6. The zero-order valence-electron chi connectivity index (χ0n) is 9.23. The number of hydrogen-bond acceptors (Lipinski definition) is 2. The van der Waals surface area contributed by atoms with Crippen LogP contribution in [0.3, 0.4) is 0 Å². The Morgan fingerprint density at radius 3 is 2.81 bits per heavy atom. The quantitative estimate of drug-likeness (QED) is 0.779. The van der Waals surface area contributed by atoms with Crippen molar-refractivity contribution in [3.05, 3.63) is 29.3 Å². The minimum atomic E-state index is -0.937. The van der Waals surface area contributed by atoms with E-state index in [1.54, 1.807) is 13.1 Å². The molecule has 1 unspecified atom stereocenters. The Hall–Kier alpha value is -1.84. The minimum absolute atomic E-state index is 0.0439. The van der Waals surface area contributed by atoms with E-state index in [1.807, 2.05) is 19.1 Å². The van der Waals surface area contributed by atoms with Crippen LogP contribution in [0.4, 0.5) is 5.69 Å². The van der Waals surface area contributed by atoms with Gasteiger partial charge in [-0.3, -0.25) is 9.59 Å². The van der Waals surface area contributed by atoms with Crippen molar-refractivity contribution in [1.82, 2.24) is 0 Å². The lowest BCUT2D eigenvalue weighted by Crippen LogP contribution is -2.35. The molecule has 1 aromatic rings. The summed E-state index contributed by atoms with van der Waals surface area (Å²) in [4.78, 5) is 24.3. The van der Waals surface area contributed by atoms with Gasteiger partial charge in [0.15, 0.2) is 0 Å². The van der Waals surface area contributed by atoms with Crippen LogP contribution in [0.15, 0.2) is 18.2 Å². The van der Waals surface area contributed by atoms with Crippen LogP contribution in [0.1, 0.15) is 23.5 Å². The van der Waals surface area contributed by atoms with Crippen molar-refractivity contribution in [3.8, 4) is 0 Å². The Morgan fingerprint density at radius 1 is 1.50 bits per heavy atom. The summed E-state index contributed by atoms with van der Waals surface area (Å²) < 4.78 is 0. The maximum Gasteiger partial charge on any atom is 0.311 e. The highest BCUT2D eigenvalue weighted by Gasteiger charge is 2.33. The van der Waals surface area contributed by atoms with E-state index in [0.717, 1.165) is 11.1 Å². The number of rotatable bonds is 1. The Kier molecular flexibility index (Phi) is 2.42. The third-order valence-electron chi connectivity index (χ3n) is 2.97. The van der Waals surface area contributed by atoms with Gasteiger partial charge in [0.05, 0.1) is 5.92 Å². The van der Waals surface area contributed by atoms with Gasteiger partial charge in [0.25, 0.3) is 0 Å². The Labute approximate surface area is 93.5 Å². The number of anilines is 1. The minimum Gasteiger partial charge on any atom is -0.481 e. The number of aryl methyl sites for hydroxylation is 1. The SMILES string of the molecule is Cc1ccc2c(c1)C(C(=O)O)CC(=O)N2C. The van der Waals surface area contributed by atoms with Gasteiger partial charge in [0, 0.05) is 19.2 Å². The van der Waals surface area contributed by atoms with E-state index in [-0.39, 0.29) is 12.3 Å². The third kappa shape index (κ3) is 1.56. The monoisotopic (exact) mass is 219 g/mol. The first kappa shape index (κ1) is 10.7. The number of nitrogens with zero attached hydrogens (tertiary/aromatic N) is 1. The van der Waals surface area contributed by atoms with Crippen LogP contribution in [0.5, 0.6) is 0 Å². The zero-order valence-corrected chi connectivity index (χ0v) is 9.23. The number of amides is 1. The number of carbonyl (C=O) groups is 2. The molecule has 0 radical (unpaired) electrons. The van der Waals surface area contributed by atoms with E-state index in [9.17, 15) is 9.59 Å². The molecule has 1 amide bonds. The summed E-state index contributed by atoms with van der Waals surface area (Å²) in [5, 5.41) is 9.11. The van der Waals surface area contributed by atoms with E-state index in [1.165, 1.54) is 4.90 Å². The van der Waals surface area contributed by atoms with Gasteiger partial charge in [-0.15, -0.1) is 0 Å². The predicted octanol–water partition coefficient (Wildman–Crippen LogP) is 1.53. The Bertz CT molecular complexity index is 467. The van der Waals surface area contributed by atoms with Crippen LogP contribution in [0.25, 0.3) is 0 Å². The molecule has 1 aliphatic heterocycles. The topological polar surface area (TPSA) is 57.6 Å². The summed E-state index contributed by atoms with van der Waals surface area (Å²) >= 11 is 0. The highest BCUT2D eigenvalue weighted by atomic mass is 16.4. The lowest BCUT2D eigenvalue weighted by Gasteiger charge is -2.29. The first-order valence-corrected chi connectivity index (χ1v) is 5.10. The lowest BCUT2D eigenvalue weighted by atomic mass is 9.89. The van der Waals surface area contributed by atoms with Crippen molar-refractivity contribution in [3.63, 3.8) is 0 Å². The predicted molar refractivity (Wildman–Crippen MR) is 59.6 cm³/mol. The van der Waals surface area contributed by atoms with Crippen LogP contribution in [-0.2, 0) is 9.59 Å². The van der Waals surface area contributed by atoms with Gasteiger partial charge in [-0.25, -0.2) is 0 Å². The molecular formula is C12H13NO3. The van der Waals surface area contributed by atoms with Gasteiger partial charge in [-0.05, 0) is 18.6 Å². The smallest absolute Gasteiger partial charge is 0.311 e. The second-order valence-corrected chi connectivity index (χ2v) is 4.11. The molecule has 1 N–H and O–H groups in total. The molecule has 0 spiro atoms. The van der Waals surface area contributed by atoms with Gasteiger partial charge in [0.2, 0.25) is 5.91 Å². The molecule has 1 heterocycles. The van der Waals surface area contributed by atoms with Gasteiger partial charge in [-0.2, -0.15) is 0 Å². The van der Waals surface area contributed by atoms with Gasteiger partial charge < -0.3 is 10.0 Å². The average molecular weight is 219 g/mol. The molecule has 0 bridgehead atoms. The fourth-order valence-electron chi connectivity index (χ4n) is 2.03. The van der Waals surface area contributed by atoms with Crippen molar-refractivity contribution in [1.29, 1.82) is 0 Å². The highest BCUT2D eigenvalue weighted by molar-refractivity contribution is 6.01. The summed E-state index contributed by atoms with van der Waals surface area (Å²) in [6.07, 6.45) is 0.0439. The lowest BCUT2D eigenvalue weighted by molar-refractivity contribution is -0.140. The van der Waals surface area contributed by atoms with Crippen LogP contribution in [0.2, 0.25) is 0 Å². The van der Waals surface area contributed by atoms with Crippen molar-refractivity contribution in [2.24, 2.45) is 0 Å². The summed E-state index contributed by atoms with van der Waals surface area (Å²) in [7, 11) is 1.68. The number of benzene rings is 1. The Balaban J connectivity index is 2.58. The normalized spacial score (nSPS) is 19.5. The standard InChI is InChI=1S/C12H13NO3/c1-7-3-4-10-8(5-7)9(12(15)16)6-11(14)13(10)2/h3-5,9H,6H2,1-2H3,(H,15,16). The third-order valence-corrected chi connectivity index (χ3v) is 2.97. The molecule has 2 rings (SSSR count). The van der Waals surface area contributed by atoms with Gasteiger partial charge in [0.1, 0.15) is 0 Å². The number of carbonyl (C=O) groups excluding carboxylic acids is 1. The van der Waals surface area contributed by atoms with Crippen LogP contribution >= 0.6 is 0 Å². The zero-order chi connectivity index (χ0) is 11.9. The molecular weight excluding hydrogens is 206 g/mol. The second kappa shape index (κ2) is 3.63. The number of carboxylic acids is 1. The van der Waals surface area contributed by atoms with Crippen molar-refractivity contribution in [2.45, 2.75) is 19.3 Å². The van der Waals surface area contributed by atoms with E-state index in [2.05, 4.69) is 0 Å². The molecule has 84 valence electrons. The first-order chi connectivity index (χ1) is 7.50. The first-order valence-electron chi connectivity index (χ1n) is 5.10. The molecule has 4 heteroatoms. The molecule has 0 aromatic heterocycles. The van der Waals surface area contributed by atoms with Crippen LogP contribution in [-0.4, -0.2) is 24.0 Å². The summed E-state index contributed by atoms with van der Waals surface area (Å²) in [5.74, 6) is -1.80. The number of carboxylic acid groups (broad SMARTS) is 1. The fraction of sp³-hybridized carbons (Fsp3) is 0.333. The molecule has 1 aromatic carbocycles. The second-order valence-electron chi connectivity index (χ2n) is 4.11. The highest BCUT2D eigenvalue weighted by Crippen LogP contribution is 2.35. The molecule has 1 aliphatic rings. The average Bonchev–Trinajstić information content (AvgIpc) is 2.22. The Morgan fingerprint density at radius 2 is 2.19 bits per heavy atom. The summed E-state index contributed by atoms with van der Waals surface area (Å²) in [5.41, 5.74) is 2.44. The largest absolute Gasteiger partial charge is 0.481 e. The fourth-order valence-corrected chi connectivity index (χ4v) is 2.03. The van der Waals surface area contributed by atoms with Gasteiger partial charge >= 0.3 is 5.97 Å². The molecule has 16 heavy (non-hydrogen) atoms. The van der Waals surface area contributed by atoms with Crippen molar-refractivity contribution < 1.29 is 14.7 Å². The maximum absolute atomic E-state index is 11.6. The molecule has 0 saturated carbocycles.